The van der Waals surface area contributed by atoms with Gasteiger partial charge in [-0.25, -0.2) is 0 Å². The van der Waals surface area contributed by atoms with Gasteiger partial charge in [-0.2, -0.15) is 0 Å². The lowest BCUT2D eigenvalue weighted by atomic mass is 9.80. The fraction of sp³-hybridized carbons (Fsp3) is 0.333. The molecule has 3 rings (SSSR count). The summed E-state index contributed by atoms with van der Waals surface area (Å²) >= 11 is 9.88. The first-order valence-corrected chi connectivity index (χ1v) is 7.09. The number of hydrogen-bond acceptors (Lipinski definition) is 0. The molecule has 2 aliphatic rings. The van der Waals surface area contributed by atoms with Crippen molar-refractivity contribution < 1.29 is 0 Å². The van der Waals surface area contributed by atoms with Crippen LogP contribution in [0.5, 0.6) is 0 Å². The van der Waals surface area contributed by atoms with Crippen molar-refractivity contribution in [3.63, 3.8) is 0 Å². The van der Waals surface area contributed by atoms with Crippen molar-refractivity contribution in [1.29, 1.82) is 0 Å². The first-order chi connectivity index (χ1) is 8.01. The van der Waals surface area contributed by atoms with E-state index in [-0.39, 0.29) is 5.41 Å². The average molecular weight is 310 g/mol. The Labute approximate surface area is 115 Å². The van der Waals surface area contributed by atoms with E-state index in [4.69, 9.17) is 11.6 Å². The molecular weight excluding hydrogens is 296 g/mol. The van der Waals surface area contributed by atoms with Crippen molar-refractivity contribution in [2.45, 2.75) is 32.1 Å². The summed E-state index contributed by atoms with van der Waals surface area (Å²) in [5.74, 6) is 0. The summed E-state index contributed by atoms with van der Waals surface area (Å²) in [5.41, 5.74) is 5.62. The maximum Gasteiger partial charge on any atom is 0.0409 e. The number of hydrogen-bond donors (Lipinski definition) is 0. The highest BCUT2D eigenvalue weighted by atomic mass is 79.9. The molecule has 0 saturated heterocycles. The predicted molar refractivity (Wildman–Crippen MR) is 77.6 cm³/mol. The van der Waals surface area contributed by atoms with Crippen LogP contribution < -0.4 is 0 Å². The summed E-state index contributed by atoms with van der Waals surface area (Å²) in [4.78, 5) is 0. The van der Waals surface area contributed by atoms with E-state index in [1.54, 1.807) is 0 Å². The molecule has 0 atom stereocenters. The molecule has 2 aliphatic carbocycles. The van der Waals surface area contributed by atoms with Gasteiger partial charge in [-0.1, -0.05) is 53.5 Å². The van der Waals surface area contributed by atoms with Crippen molar-refractivity contribution in [2.75, 3.05) is 0 Å². The minimum absolute atomic E-state index is 0.0784. The molecule has 2 heteroatoms. The van der Waals surface area contributed by atoms with Crippen molar-refractivity contribution in [2.24, 2.45) is 0 Å². The number of halogens is 2. The van der Waals surface area contributed by atoms with Crippen LogP contribution in [0, 0.1) is 0 Å². The molecule has 0 nitrogen and oxygen atoms in total. The van der Waals surface area contributed by atoms with E-state index < -0.39 is 0 Å². The molecule has 0 unspecified atom stereocenters. The third-order valence-corrected chi connectivity index (χ3v) is 4.88. The number of allylic oxidation sites excluding steroid dienone is 4. The van der Waals surface area contributed by atoms with Crippen molar-refractivity contribution in [3.8, 4) is 0 Å². The fourth-order valence-electron chi connectivity index (χ4n) is 2.97. The van der Waals surface area contributed by atoms with E-state index >= 15 is 0 Å². The van der Waals surface area contributed by atoms with E-state index in [1.807, 2.05) is 6.07 Å². The van der Waals surface area contributed by atoms with Crippen molar-refractivity contribution in [3.05, 3.63) is 50.5 Å². The summed E-state index contributed by atoms with van der Waals surface area (Å²) < 4.78 is 1.34. The maximum absolute atomic E-state index is 6.14. The molecule has 0 aromatic heterocycles. The Balaban J connectivity index is 2.36. The van der Waals surface area contributed by atoms with Crippen molar-refractivity contribution in [1.82, 2.24) is 0 Å². The molecule has 0 N–H and O–H groups in total. The molecule has 0 amide bonds. The highest BCUT2D eigenvalue weighted by Gasteiger charge is 2.40. The quantitative estimate of drug-likeness (QED) is 0.597. The lowest BCUT2D eigenvalue weighted by molar-refractivity contribution is 0.654. The second-order valence-electron chi connectivity index (χ2n) is 5.25. The van der Waals surface area contributed by atoms with Gasteiger partial charge in [0, 0.05) is 14.9 Å². The van der Waals surface area contributed by atoms with Crippen LogP contribution >= 0.6 is 27.5 Å². The highest BCUT2D eigenvalue weighted by Crippen LogP contribution is 2.54. The van der Waals surface area contributed by atoms with Gasteiger partial charge in [0.2, 0.25) is 0 Å². The zero-order valence-corrected chi connectivity index (χ0v) is 12.3. The third kappa shape index (κ3) is 1.56. The summed E-state index contributed by atoms with van der Waals surface area (Å²) in [6.07, 6.45) is 4.62. The SMILES string of the molecule is CC1(C)C2=CCCC(Br)=C2c2ccc(Cl)cc21. The number of fused-ring (bicyclic) bond motifs is 3. The Bertz CT molecular complexity index is 564. The standard InChI is InChI=1S/C15H14BrCl/c1-15(2)11-4-3-5-13(16)14(11)10-7-6-9(17)8-12(10)15/h4,6-8H,3,5H2,1-2H3. The second kappa shape index (κ2) is 3.73. The van der Waals surface area contributed by atoms with Crippen LogP contribution in [-0.2, 0) is 5.41 Å². The molecule has 0 radical (unpaired) electrons. The lowest BCUT2D eigenvalue weighted by Crippen LogP contribution is -2.16. The van der Waals surface area contributed by atoms with E-state index in [0.717, 1.165) is 17.9 Å². The first kappa shape index (κ1) is 11.6. The molecule has 88 valence electrons. The Morgan fingerprint density at radius 1 is 1.29 bits per heavy atom. The summed E-state index contributed by atoms with van der Waals surface area (Å²) in [5, 5.41) is 0.827. The molecular formula is C15H14BrCl. The van der Waals surface area contributed by atoms with Crippen molar-refractivity contribution >= 4 is 33.1 Å². The van der Waals surface area contributed by atoms with Gasteiger partial charge >= 0.3 is 0 Å². The Morgan fingerprint density at radius 2 is 2.06 bits per heavy atom. The summed E-state index contributed by atoms with van der Waals surface area (Å²) in [6.45, 7) is 4.57. The van der Waals surface area contributed by atoms with Crippen LogP contribution in [0.15, 0.2) is 34.3 Å². The average Bonchev–Trinajstić information content (AvgIpc) is 2.50. The molecule has 0 saturated carbocycles. The zero-order valence-electron chi connectivity index (χ0n) is 9.98. The molecule has 0 spiro atoms. The molecule has 1 aromatic carbocycles. The normalized spacial score (nSPS) is 21.1. The largest absolute Gasteiger partial charge is 0.0843 e. The van der Waals surface area contributed by atoms with Gasteiger partial charge in [0.25, 0.3) is 0 Å². The molecule has 0 fully saturated rings. The molecule has 1 aromatic rings. The number of rotatable bonds is 0. The topological polar surface area (TPSA) is 0 Å². The van der Waals surface area contributed by atoms with E-state index in [9.17, 15) is 0 Å². The van der Waals surface area contributed by atoms with Crippen LogP contribution in [0.3, 0.4) is 0 Å². The molecule has 17 heavy (non-hydrogen) atoms. The van der Waals surface area contributed by atoms with E-state index in [0.29, 0.717) is 0 Å². The molecule has 0 aliphatic heterocycles. The van der Waals surface area contributed by atoms with Gasteiger partial charge in [0.15, 0.2) is 0 Å². The van der Waals surface area contributed by atoms with E-state index in [2.05, 4.69) is 48.0 Å². The van der Waals surface area contributed by atoms with Gasteiger partial charge in [0.1, 0.15) is 0 Å². The lowest BCUT2D eigenvalue weighted by Gasteiger charge is -2.24. The van der Waals surface area contributed by atoms with Crippen LogP contribution in [0.1, 0.15) is 37.8 Å². The fourth-order valence-corrected chi connectivity index (χ4v) is 3.80. The smallest absolute Gasteiger partial charge is 0.0409 e. The molecule has 0 bridgehead atoms. The van der Waals surface area contributed by atoms with Crippen LogP contribution in [0.25, 0.3) is 5.57 Å². The third-order valence-electron chi connectivity index (χ3n) is 3.85. The first-order valence-electron chi connectivity index (χ1n) is 5.92. The minimum atomic E-state index is 0.0784. The highest BCUT2D eigenvalue weighted by molar-refractivity contribution is 9.11. The van der Waals surface area contributed by atoms with Gasteiger partial charge in [0.05, 0.1) is 0 Å². The van der Waals surface area contributed by atoms with Gasteiger partial charge < -0.3 is 0 Å². The van der Waals surface area contributed by atoms with Gasteiger partial charge in [-0.15, -0.1) is 0 Å². The summed E-state index contributed by atoms with van der Waals surface area (Å²) in [7, 11) is 0. The van der Waals surface area contributed by atoms with Crippen LogP contribution in [0.2, 0.25) is 5.02 Å². The second-order valence-corrected chi connectivity index (χ2v) is 6.64. The van der Waals surface area contributed by atoms with Crippen LogP contribution in [-0.4, -0.2) is 0 Å². The zero-order chi connectivity index (χ0) is 12.2. The van der Waals surface area contributed by atoms with Gasteiger partial charge in [-0.3, -0.25) is 0 Å². The Kier molecular flexibility index (Phi) is 2.53. The number of benzene rings is 1. The summed E-state index contributed by atoms with van der Waals surface area (Å²) in [6, 6.07) is 6.26. The predicted octanol–water partition coefficient (Wildman–Crippen LogP) is 5.46. The monoisotopic (exact) mass is 308 g/mol. The minimum Gasteiger partial charge on any atom is -0.0843 e. The molecule has 0 heterocycles. The van der Waals surface area contributed by atoms with Crippen LogP contribution in [0.4, 0.5) is 0 Å². The van der Waals surface area contributed by atoms with E-state index in [1.165, 1.54) is 26.8 Å². The maximum atomic E-state index is 6.14. The Morgan fingerprint density at radius 3 is 2.82 bits per heavy atom. The van der Waals surface area contributed by atoms with Gasteiger partial charge in [-0.05, 0) is 47.2 Å². The Hall–Kier alpha value is -0.530.